The second-order valence-electron chi connectivity index (χ2n) is 5.81. The fourth-order valence-corrected chi connectivity index (χ4v) is 3.65. The van der Waals surface area contributed by atoms with Crippen molar-refractivity contribution in [2.24, 2.45) is 0 Å². The van der Waals surface area contributed by atoms with Crippen LogP contribution in [0.25, 0.3) is 0 Å². The quantitative estimate of drug-likeness (QED) is 0.842. The normalized spacial score (nSPS) is 16.3. The van der Waals surface area contributed by atoms with Gasteiger partial charge in [0.25, 0.3) is 0 Å². The van der Waals surface area contributed by atoms with Crippen molar-refractivity contribution < 1.29 is 4.74 Å². The number of aryl methyl sites for hydroxylation is 1. The van der Waals surface area contributed by atoms with Crippen molar-refractivity contribution in [1.82, 2.24) is 14.9 Å². The molecule has 0 atom stereocenters. The molecule has 5 nitrogen and oxygen atoms in total. The van der Waals surface area contributed by atoms with Gasteiger partial charge in [-0.25, -0.2) is 4.98 Å². The zero-order chi connectivity index (χ0) is 16.1. The van der Waals surface area contributed by atoms with Crippen LogP contribution >= 0.6 is 11.3 Å². The first-order valence-electron chi connectivity index (χ1n) is 8.22. The van der Waals surface area contributed by atoms with Crippen LogP contribution in [0.4, 0.5) is 5.13 Å². The highest BCUT2D eigenvalue weighted by Gasteiger charge is 2.17. The molecule has 0 amide bonds. The topological polar surface area (TPSA) is 41.5 Å². The molecule has 0 aromatic carbocycles. The molecule has 0 unspecified atom stereocenters. The van der Waals surface area contributed by atoms with E-state index >= 15 is 0 Å². The zero-order valence-electron chi connectivity index (χ0n) is 13.9. The van der Waals surface area contributed by atoms with Crippen LogP contribution in [0.3, 0.4) is 0 Å². The van der Waals surface area contributed by atoms with E-state index in [2.05, 4.69) is 38.1 Å². The van der Waals surface area contributed by atoms with Gasteiger partial charge in [0.15, 0.2) is 5.13 Å². The third-order valence-electron chi connectivity index (χ3n) is 3.96. The molecule has 0 N–H and O–H groups in total. The lowest BCUT2D eigenvalue weighted by atomic mass is 10.3. The van der Waals surface area contributed by atoms with E-state index in [0.717, 1.165) is 61.4 Å². The van der Waals surface area contributed by atoms with E-state index in [-0.39, 0.29) is 0 Å². The summed E-state index contributed by atoms with van der Waals surface area (Å²) < 4.78 is 5.45. The summed E-state index contributed by atoms with van der Waals surface area (Å²) in [5, 5.41) is 3.28. The first-order chi connectivity index (χ1) is 11.2. The van der Waals surface area contributed by atoms with Crippen LogP contribution in [0, 0.1) is 6.92 Å². The summed E-state index contributed by atoms with van der Waals surface area (Å²) in [5.41, 5.74) is 2.22. The van der Waals surface area contributed by atoms with Crippen molar-refractivity contribution in [1.29, 1.82) is 0 Å². The highest BCUT2D eigenvalue weighted by molar-refractivity contribution is 7.13. The summed E-state index contributed by atoms with van der Waals surface area (Å²) in [6.45, 7) is 9.90. The Morgan fingerprint density at radius 2 is 2.13 bits per heavy atom. The molecule has 2 aromatic rings. The molecule has 0 radical (unpaired) electrons. The molecule has 6 heteroatoms. The van der Waals surface area contributed by atoms with E-state index < -0.39 is 0 Å². The molecule has 3 rings (SSSR count). The third-order valence-corrected chi connectivity index (χ3v) is 4.98. The molecule has 0 bridgehead atoms. The summed E-state index contributed by atoms with van der Waals surface area (Å²) in [4.78, 5) is 14.0. The molecule has 2 aromatic heterocycles. The van der Waals surface area contributed by atoms with Crippen molar-refractivity contribution in [3.63, 3.8) is 0 Å². The number of rotatable bonds is 5. The standard InChI is InChI=1S/C17H24N4OS/c1-3-22-16-6-5-15(18-11-16)12-20-7-4-8-21(10-9-20)17-19-14(2)13-23-17/h5-6,11,13H,3-4,7-10,12H2,1-2H3. The Balaban J connectivity index is 1.55. The molecule has 23 heavy (non-hydrogen) atoms. The first kappa shape index (κ1) is 16.2. The Hall–Kier alpha value is -1.66. The van der Waals surface area contributed by atoms with E-state index in [1.165, 1.54) is 0 Å². The molecule has 124 valence electrons. The molecule has 1 aliphatic heterocycles. The number of pyridine rings is 1. The molecular weight excluding hydrogens is 308 g/mol. The molecular formula is C17H24N4OS. The molecule has 0 aliphatic carbocycles. The Morgan fingerprint density at radius 1 is 1.22 bits per heavy atom. The summed E-state index contributed by atoms with van der Waals surface area (Å²) in [6.07, 6.45) is 2.98. The molecule has 1 fully saturated rings. The summed E-state index contributed by atoms with van der Waals surface area (Å²) >= 11 is 1.75. The first-order valence-corrected chi connectivity index (χ1v) is 9.09. The van der Waals surface area contributed by atoms with Gasteiger partial charge in [0, 0.05) is 38.1 Å². The van der Waals surface area contributed by atoms with Gasteiger partial charge in [-0.15, -0.1) is 11.3 Å². The minimum Gasteiger partial charge on any atom is -0.492 e. The largest absolute Gasteiger partial charge is 0.492 e. The number of hydrogen-bond acceptors (Lipinski definition) is 6. The van der Waals surface area contributed by atoms with Gasteiger partial charge in [-0.05, 0) is 32.4 Å². The van der Waals surface area contributed by atoms with Crippen molar-refractivity contribution in [2.75, 3.05) is 37.7 Å². The number of anilines is 1. The maximum atomic E-state index is 5.45. The monoisotopic (exact) mass is 332 g/mol. The lowest BCUT2D eigenvalue weighted by Crippen LogP contribution is -2.30. The van der Waals surface area contributed by atoms with E-state index in [9.17, 15) is 0 Å². The van der Waals surface area contributed by atoms with Gasteiger partial charge in [0.2, 0.25) is 0 Å². The van der Waals surface area contributed by atoms with Gasteiger partial charge in [0.05, 0.1) is 24.2 Å². The van der Waals surface area contributed by atoms with Gasteiger partial charge < -0.3 is 9.64 Å². The van der Waals surface area contributed by atoms with Gasteiger partial charge in [-0.2, -0.15) is 0 Å². The van der Waals surface area contributed by atoms with Crippen molar-refractivity contribution >= 4 is 16.5 Å². The predicted octanol–water partition coefficient (Wildman–Crippen LogP) is 2.96. The minimum absolute atomic E-state index is 0.680. The molecule has 1 saturated heterocycles. The predicted molar refractivity (Wildman–Crippen MR) is 94.4 cm³/mol. The fraction of sp³-hybridized carbons (Fsp3) is 0.529. The van der Waals surface area contributed by atoms with Gasteiger partial charge in [-0.1, -0.05) is 0 Å². The van der Waals surface area contributed by atoms with Crippen molar-refractivity contribution in [3.8, 4) is 5.75 Å². The number of ether oxygens (including phenoxy) is 1. The number of hydrogen-bond donors (Lipinski definition) is 0. The second-order valence-corrected chi connectivity index (χ2v) is 6.64. The van der Waals surface area contributed by atoms with E-state index in [4.69, 9.17) is 4.74 Å². The van der Waals surface area contributed by atoms with Crippen LogP contribution < -0.4 is 9.64 Å². The van der Waals surface area contributed by atoms with Crippen LogP contribution in [0.2, 0.25) is 0 Å². The molecule has 0 saturated carbocycles. The van der Waals surface area contributed by atoms with Crippen LogP contribution in [-0.2, 0) is 6.54 Å². The lowest BCUT2D eigenvalue weighted by Gasteiger charge is -2.21. The maximum Gasteiger partial charge on any atom is 0.185 e. The number of nitrogens with zero attached hydrogens (tertiary/aromatic N) is 4. The van der Waals surface area contributed by atoms with Crippen LogP contribution in [0.5, 0.6) is 5.75 Å². The summed E-state index contributed by atoms with van der Waals surface area (Å²) in [6, 6.07) is 4.08. The fourth-order valence-electron chi connectivity index (χ4n) is 2.79. The average Bonchev–Trinajstić information content (AvgIpc) is 2.85. The van der Waals surface area contributed by atoms with Crippen molar-refractivity contribution in [3.05, 3.63) is 35.1 Å². The number of aromatic nitrogens is 2. The van der Waals surface area contributed by atoms with Gasteiger partial charge in [0.1, 0.15) is 5.75 Å². The van der Waals surface area contributed by atoms with Crippen LogP contribution in [0.1, 0.15) is 24.7 Å². The molecule has 3 heterocycles. The van der Waals surface area contributed by atoms with E-state index in [1.807, 2.05) is 19.2 Å². The Kier molecular flexibility index (Phi) is 5.46. The maximum absolute atomic E-state index is 5.45. The highest BCUT2D eigenvalue weighted by Crippen LogP contribution is 2.21. The second kappa shape index (κ2) is 7.75. The average molecular weight is 332 g/mol. The highest BCUT2D eigenvalue weighted by atomic mass is 32.1. The number of thiazole rings is 1. The smallest absolute Gasteiger partial charge is 0.185 e. The molecule has 0 spiro atoms. The van der Waals surface area contributed by atoms with Crippen LogP contribution in [-0.4, -0.2) is 47.7 Å². The Bertz CT molecular complexity index is 613. The summed E-state index contributed by atoms with van der Waals surface area (Å²) in [5.74, 6) is 0.845. The summed E-state index contributed by atoms with van der Waals surface area (Å²) in [7, 11) is 0. The zero-order valence-corrected chi connectivity index (χ0v) is 14.7. The van der Waals surface area contributed by atoms with E-state index in [1.54, 1.807) is 11.3 Å². The van der Waals surface area contributed by atoms with Crippen LogP contribution in [0.15, 0.2) is 23.7 Å². The lowest BCUT2D eigenvalue weighted by molar-refractivity contribution is 0.281. The Morgan fingerprint density at radius 3 is 2.83 bits per heavy atom. The molecule has 1 aliphatic rings. The van der Waals surface area contributed by atoms with Gasteiger partial charge in [-0.3, -0.25) is 9.88 Å². The van der Waals surface area contributed by atoms with Gasteiger partial charge >= 0.3 is 0 Å². The Labute approximate surface area is 141 Å². The minimum atomic E-state index is 0.680. The third kappa shape index (κ3) is 4.42. The van der Waals surface area contributed by atoms with Crippen molar-refractivity contribution in [2.45, 2.75) is 26.8 Å². The SMILES string of the molecule is CCOc1ccc(CN2CCCN(c3nc(C)cs3)CC2)nc1. The van der Waals surface area contributed by atoms with E-state index in [0.29, 0.717) is 6.61 Å².